The molecule has 0 saturated heterocycles. The molecule has 4 heteroatoms. The Kier molecular flexibility index (Phi) is 3.04. The van der Waals surface area contributed by atoms with Crippen molar-refractivity contribution in [1.82, 2.24) is 4.37 Å². The highest BCUT2D eigenvalue weighted by atomic mass is 32.1. The predicted molar refractivity (Wildman–Crippen MR) is 80.4 cm³/mol. The molecule has 0 unspecified atom stereocenters. The topological polar surface area (TPSA) is 24.9 Å². The van der Waals surface area contributed by atoms with Crippen molar-refractivity contribution >= 4 is 35.7 Å². The predicted octanol–water partition coefficient (Wildman–Crippen LogP) is 4.71. The van der Waals surface area contributed by atoms with Gasteiger partial charge in [-0.05, 0) is 28.7 Å². The largest absolute Gasteiger partial charge is 0.394 e. The van der Waals surface area contributed by atoms with Crippen LogP contribution in [0.25, 0.3) is 10.1 Å². The Hall–Kier alpha value is -0.873. The van der Waals surface area contributed by atoms with E-state index in [4.69, 9.17) is 0 Å². The van der Waals surface area contributed by atoms with Crippen LogP contribution in [-0.4, -0.2) is 12.6 Å². The number of hydrogen-bond donors (Lipinski definition) is 1. The molecule has 0 aliphatic heterocycles. The summed E-state index contributed by atoms with van der Waals surface area (Å²) in [6.45, 7) is 11.6. The van der Waals surface area contributed by atoms with E-state index in [1.54, 1.807) is 11.5 Å². The molecule has 2 aromatic rings. The Labute approximate surface area is 108 Å². The lowest BCUT2D eigenvalue weighted by molar-refractivity contribution is 0.723. The Bertz CT molecular complexity index is 525. The van der Waals surface area contributed by atoms with Crippen LogP contribution in [0.3, 0.4) is 0 Å². The molecule has 1 N–H and O–H groups in total. The molecule has 2 rings (SSSR count). The summed E-state index contributed by atoms with van der Waals surface area (Å²) in [4.78, 5) is 3.72. The van der Waals surface area contributed by atoms with Gasteiger partial charge in [-0.1, -0.05) is 46.0 Å². The van der Waals surface area contributed by atoms with E-state index in [0.29, 0.717) is 5.04 Å². The van der Waals surface area contributed by atoms with Crippen LogP contribution in [0.15, 0.2) is 24.3 Å². The molecule has 0 fully saturated rings. The number of benzene rings is 1. The Balaban J connectivity index is 2.37. The van der Waals surface area contributed by atoms with E-state index in [0.717, 1.165) is 5.82 Å². The van der Waals surface area contributed by atoms with E-state index in [9.17, 15) is 0 Å². The minimum absolute atomic E-state index is 0.317. The van der Waals surface area contributed by atoms with E-state index >= 15 is 0 Å². The third kappa shape index (κ3) is 2.38. The van der Waals surface area contributed by atoms with Crippen molar-refractivity contribution in [3.05, 3.63) is 24.3 Å². The summed E-state index contributed by atoms with van der Waals surface area (Å²) in [6.07, 6.45) is 0. The molecule has 0 saturated carbocycles. The fraction of sp³-hybridized carbons (Fsp3) is 0.462. The highest BCUT2D eigenvalue weighted by Gasteiger charge is 2.36. The lowest BCUT2D eigenvalue weighted by atomic mass is 10.2. The quantitative estimate of drug-likeness (QED) is 0.794. The maximum atomic E-state index is 4.56. The lowest BCUT2D eigenvalue weighted by Gasteiger charge is -2.37. The minimum atomic E-state index is -1.53. The number of nitrogens with zero attached hydrogens (tertiary/aromatic N) is 1. The zero-order chi connectivity index (χ0) is 12.7. The molecule has 1 heterocycles. The number of anilines is 1. The number of hydrogen-bond acceptors (Lipinski definition) is 3. The lowest BCUT2D eigenvalue weighted by Crippen LogP contribution is -2.45. The van der Waals surface area contributed by atoms with Gasteiger partial charge in [0.25, 0.3) is 0 Å². The van der Waals surface area contributed by atoms with Gasteiger partial charge in [-0.25, -0.2) is 0 Å². The van der Waals surface area contributed by atoms with E-state index in [2.05, 4.69) is 67.5 Å². The molecule has 1 aromatic carbocycles. The van der Waals surface area contributed by atoms with Gasteiger partial charge in [0.15, 0.2) is 8.24 Å². The summed E-state index contributed by atoms with van der Waals surface area (Å²) in [7, 11) is -1.53. The van der Waals surface area contributed by atoms with Crippen LogP contribution in [0.4, 0.5) is 5.82 Å². The molecule has 0 spiro atoms. The third-order valence-electron chi connectivity index (χ3n) is 3.68. The van der Waals surface area contributed by atoms with Crippen molar-refractivity contribution in [2.45, 2.75) is 38.9 Å². The zero-order valence-electron chi connectivity index (χ0n) is 11.2. The van der Waals surface area contributed by atoms with Crippen LogP contribution in [0, 0.1) is 0 Å². The van der Waals surface area contributed by atoms with Gasteiger partial charge in [-0.3, -0.25) is 0 Å². The Morgan fingerprint density at radius 2 is 1.82 bits per heavy atom. The monoisotopic (exact) mass is 264 g/mol. The Morgan fingerprint density at radius 1 is 1.18 bits per heavy atom. The van der Waals surface area contributed by atoms with Crippen molar-refractivity contribution in [3.63, 3.8) is 0 Å². The summed E-state index contributed by atoms with van der Waals surface area (Å²) in [6, 6.07) is 8.42. The second-order valence-electron chi connectivity index (χ2n) is 6.03. The molecule has 17 heavy (non-hydrogen) atoms. The molecule has 0 radical (unpaired) electrons. The second kappa shape index (κ2) is 4.10. The van der Waals surface area contributed by atoms with Crippen molar-refractivity contribution in [3.8, 4) is 0 Å². The van der Waals surface area contributed by atoms with Gasteiger partial charge in [0.05, 0.1) is 4.70 Å². The average Bonchev–Trinajstić information content (AvgIpc) is 2.60. The highest BCUT2D eigenvalue weighted by Crippen LogP contribution is 2.38. The summed E-state index contributed by atoms with van der Waals surface area (Å²) in [5.41, 5.74) is 0. The molecule has 0 aliphatic carbocycles. The molecule has 0 amide bonds. The highest BCUT2D eigenvalue weighted by molar-refractivity contribution is 7.13. The Morgan fingerprint density at radius 3 is 2.47 bits per heavy atom. The molecule has 1 aromatic heterocycles. The van der Waals surface area contributed by atoms with Crippen LogP contribution in [0.2, 0.25) is 18.1 Å². The van der Waals surface area contributed by atoms with E-state index in [1.165, 1.54) is 10.1 Å². The van der Waals surface area contributed by atoms with Gasteiger partial charge in [0.1, 0.15) is 5.82 Å². The van der Waals surface area contributed by atoms with E-state index in [1.807, 2.05) is 0 Å². The number of aromatic nitrogens is 1. The first-order valence-corrected chi connectivity index (χ1v) is 9.71. The first kappa shape index (κ1) is 12.6. The first-order chi connectivity index (χ1) is 7.81. The fourth-order valence-electron chi connectivity index (χ4n) is 1.46. The van der Waals surface area contributed by atoms with Gasteiger partial charge in [-0.2, -0.15) is 4.37 Å². The molecular weight excluding hydrogens is 244 g/mol. The fourth-order valence-corrected chi connectivity index (χ4v) is 3.43. The maximum Gasteiger partial charge on any atom is 0.154 e. The van der Waals surface area contributed by atoms with Crippen molar-refractivity contribution < 1.29 is 0 Å². The summed E-state index contributed by atoms with van der Waals surface area (Å²) >= 11 is 1.57. The van der Waals surface area contributed by atoms with Crippen molar-refractivity contribution in [1.29, 1.82) is 0 Å². The zero-order valence-corrected chi connectivity index (χ0v) is 13.0. The molecule has 0 atom stereocenters. The van der Waals surface area contributed by atoms with E-state index < -0.39 is 8.24 Å². The van der Waals surface area contributed by atoms with Crippen LogP contribution >= 0.6 is 11.5 Å². The number of rotatable bonds is 2. The summed E-state index contributed by atoms with van der Waals surface area (Å²) < 4.78 is 5.82. The normalized spacial score (nSPS) is 13.0. The smallest absolute Gasteiger partial charge is 0.154 e. The van der Waals surface area contributed by atoms with Crippen LogP contribution in [0.5, 0.6) is 0 Å². The van der Waals surface area contributed by atoms with Gasteiger partial charge in [-0.15, -0.1) is 0 Å². The molecule has 92 valence electrons. The van der Waals surface area contributed by atoms with Gasteiger partial charge >= 0.3 is 0 Å². The molecule has 0 bridgehead atoms. The van der Waals surface area contributed by atoms with Gasteiger partial charge in [0, 0.05) is 5.39 Å². The summed E-state index contributed by atoms with van der Waals surface area (Å²) in [5, 5.41) is 1.57. The molecule has 2 nitrogen and oxygen atoms in total. The summed E-state index contributed by atoms with van der Waals surface area (Å²) in [5.74, 6) is 1.07. The standard InChI is InChI=1S/C13H20N2SSi/c1-13(2,3)17(4,5)15-12-10-8-6-7-9-11(10)16-14-12/h6-9H,1-5H3,(H,14,15). The van der Waals surface area contributed by atoms with Crippen molar-refractivity contribution in [2.75, 3.05) is 4.98 Å². The minimum Gasteiger partial charge on any atom is -0.394 e. The van der Waals surface area contributed by atoms with Crippen LogP contribution in [0.1, 0.15) is 20.8 Å². The number of nitrogens with one attached hydrogen (secondary N) is 1. The molecular formula is C13H20N2SSi. The second-order valence-corrected chi connectivity index (χ2v) is 11.8. The van der Waals surface area contributed by atoms with Gasteiger partial charge < -0.3 is 4.98 Å². The SMILES string of the molecule is CC(C)(C)[Si](C)(C)Nc1nsc2ccccc12. The average molecular weight is 264 g/mol. The maximum absolute atomic E-state index is 4.56. The van der Waals surface area contributed by atoms with Crippen LogP contribution < -0.4 is 4.98 Å². The van der Waals surface area contributed by atoms with Gasteiger partial charge in [0.2, 0.25) is 0 Å². The number of fused-ring (bicyclic) bond motifs is 1. The van der Waals surface area contributed by atoms with Crippen LogP contribution in [-0.2, 0) is 0 Å². The first-order valence-electron chi connectivity index (χ1n) is 5.94. The van der Waals surface area contributed by atoms with E-state index in [-0.39, 0.29) is 0 Å². The van der Waals surface area contributed by atoms with Crippen molar-refractivity contribution in [2.24, 2.45) is 0 Å². The third-order valence-corrected chi connectivity index (χ3v) is 9.12. The molecule has 0 aliphatic rings.